The predicted octanol–water partition coefficient (Wildman–Crippen LogP) is 1.31. The Hall–Kier alpha value is -2.50. The van der Waals surface area contributed by atoms with Crippen molar-refractivity contribution in [3.8, 4) is 0 Å². The van der Waals surface area contributed by atoms with Gasteiger partial charge in [-0.15, -0.1) is 9.97 Å². The molecule has 0 bridgehead atoms. The minimum absolute atomic E-state index is 0.709. The maximum atomic E-state index is 4.45. The molecule has 0 aliphatic rings. The maximum Gasteiger partial charge on any atom is 0.341 e. The van der Waals surface area contributed by atoms with Crippen molar-refractivity contribution in [3.63, 3.8) is 0 Å². The molecule has 0 radical (unpaired) electrons. The van der Waals surface area contributed by atoms with Crippen LogP contribution in [0.1, 0.15) is 11.6 Å². The molecular weight excluding hydrogens is 240 g/mol. The molecule has 2 heterocycles. The van der Waals surface area contributed by atoms with Crippen LogP contribution in [0.3, 0.4) is 0 Å². The third kappa shape index (κ3) is 2.01. The number of anilines is 2. The smallest absolute Gasteiger partial charge is 0.281 e. The Kier molecular flexibility index (Phi) is 2.63. The summed E-state index contributed by atoms with van der Waals surface area (Å²) in [5, 5.41) is 7.73. The van der Waals surface area contributed by atoms with E-state index in [2.05, 4.69) is 20.4 Å². The molecule has 0 aliphatic carbocycles. The molecule has 0 saturated carbocycles. The van der Waals surface area contributed by atoms with E-state index >= 15 is 0 Å². The first-order valence-corrected chi connectivity index (χ1v) is 6.07. The van der Waals surface area contributed by atoms with E-state index in [4.69, 9.17) is 0 Å². The number of nitrogens with one attached hydrogen (secondary N) is 1. The van der Waals surface area contributed by atoms with Crippen LogP contribution < -0.4 is 9.72 Å². The third-order valence-electron chi connectivity index (χ3n) is 2.88. The number of aryl methyl sites for hydroxylation is 3. The van der Waals surface area contributed by atoms with Gasteiger partial charge in [0.05, 0.1) is 12.7 Å². The second kappa shape index (κ2) is 4.31. The maximum absolute atomic E-state index is 4.45. The number of hydrogen-bond acceptors (Lipinski definition) is 4. The lowest BCUT2D eigenvalue weighted by Gasteiger charge is -2.00. The Balaban J connectivity index is 2.15. The Morgan fingerprint density at radius 2 is 1.84 bits per heavy atom. The number of para-hydroxylation sites is 1. The predicted molar refractivity (Wildman–Crippen MR) is 71.2 cm³/mol. The summed E-state index contributed by atoms with van der Waals surface area (Å²) >= 11 is 0. The summed E-state index contributed by atoms with van der Waals surface area (Å²) in [6.07, 6.45) is 0. The molecule has 0 saturated heterocycles. The van der Waals surface area contributed by atoms with Crippen molar-refractivity contribution in [1.82, 2.24) is 19.7 Å². The molecule has 3 aromatic rings. The number of aromatic nitrogens is 5. The highest BCUT2D eigenvalue weighted by molar-refractivity contribution is 5.51. The highest BCUT2D eigenvalue weighted by atomic mass is 15.4. The summed E-state index contributed by atoms with van der Waals surface area (Å²) in [5.41, 5.74) is 0.981. The Morgan fingerprint density at radius 3 is 2.58 bits per heavy atom. The number of fused-ring (bicyclic) bond motifs is 1. The van der Waals surface area contributed by atoms with Crippen molar-refractivity contribution in [2.24, 2.45) is 7.05 Å². The fourth-order valence-corrected chi connectivity index (χ4v) is 2.08. The van der Waals surface area contributed by atoms with Crippen LogP contribution >= 0.6 is 0 Å². The van der Waals surface area contributed by atoms with E-state index in [9.17, 15) is 0 Å². The zero-order valence-corrected chi connectivity index (χ0v) is 11.1. The number of rotatable bonds is 2. The normalized spacial score (nSPS) is 10.9. The molecule has 0 fully saturated rings. The van der Waals surface area contributed by atoms with Gasteiger partial charge in [0.2, 0.25) is 5.82 Å². The Bertz CT molecular complexity index is 732. The van der Waals surface area contributed by atoms with Gasteiger partial charge in [-0.1, -0.05) is 18.2 Å². The molecule has 3 rings (SSSR count). The van der Waals surface area contributed by atoms with E-state index in [1.54, 1.807) is 4.68 Å². The first-order valence-electron chi connectivity index (χ1n) is 6.07. The van der Waals surface area contributed by atoms with Crippen LogP contribution in [0.5, 0.6) is 0 Å². The molecule has 0 unspecified atom stereocenters. The van der Waals surface area contributed by atoms with E-state index in [-0.39, 0.29) is 0 Å². The van der Waals surface area contributed by atoms with Gasteiger partial charge >= 0.3 is 11.7 Å². The first-order chi connectivity index (χ1) is 9.15. The molecular formula is C13H15N6+. The molecule has 1 aromatic carbocycles. The zero-order valence-electron chi connectivity index (χ0n) is 11.1. The summed E-state index contributed by atoms with van der Waals surface area (Å²) in [6.45, 7) is 3.82. The van der Waals surface area contributed by atoms with Crippen LogP contribution in [-0.4, -0.2) is 19.7 Å². The van der Waals surface area contributed by atoms with E-state index in [1.165, 1.54) is 0 Å². The molecule has 0 spiro atoms. The molecule has 96 valence electrons. The lowest BCUT2D eigenvalue weighted by molar-refractivity contribution is -0.511. The van der Waals surface area contributed by atoms with Gasteiger partial charge in [-0.05, 0) is 17.2 Å². The van der Waals surface area contributed by atoms with Crippen LogP contribution in [0.2, 0.25) is 0 Å². The van der Waals surface area contributed by atoms with Gasteiger partial charge in [-0.3, -0.25) is 5.32 Å². The van der Waals surface area contributed by atoms with Crippen LogP contribution in [0.15, 0.2) is 30.3 Å². The van der Waals surface area contributed by atoms with Crippen LogP contribution in [0.4, 0.5) is 11.6 Å². The standard InChI is InChI=1S/C13H15N6/c1-9-14-10(2)19-12(17-18(3)13(19)15-9)16-11-7-5-4-6-8-11/h4-8H,1-3H3,(H,16,17)/q+1. The molecule has 6 nitrogen and oxygen atoms in total. The number of benzene rings is 1. The fourth-order valence-electron chi connectivity index (χ4n) is 2.08. The highest BCUT2D eigenvalue weighted by Gasteiger charge is 2.19. The van der Waals surface area contributed by atoms with Gasteiger partial charge in [0, 0.05) is 13.8 Å². The van der Waals surface area contributed by atoms with Crippen molar-refractivity contribution in [2.45, 2.75) is 13.8 Å². The van der Waals surface area contributed by atoms with Crippen molar-refractivity contribution < 1.29 is 4.40 Å². The third-order valence-corrected chi connectivity index (χ3v) is 2.88. The second-order valence-corrected chi connectivity index (χ2v) is 4.39. The van der Waals surface area contributed by atoms with Gasteiger partial charge < -0.3 is 0 Å². The average molecular weight is 255 g/mol. The lowest BCUT2D eigenvalue weighted by Crippen LogP contribution is -2.30. The van der Waals surface area contributed by atoms with Crippen LogP contribution in [-0.2, 0) is 7.05 Å². The van der Waals surface area contributed by atoms with Crippen molar-refractivity contribution in [1.29, 1.82) is 0 Å². The molecule has 0 aliphatic heterocycles. The molecule has 0 atom stereocenters. The Morgan fingerprint density at radius 1 is 1.11 bits per heavy atom. The van der Waals surface area contributed by atoms with Gasteiger partial charge in [0.25, 0.3) is 0 Å². The van der Waals surface area contributed by atoms with Crippen molar-refractivity contribution in [3.05, 3.63) is 42.0 Å². The quantitative estimate of drug-likeness (QED) is 0.701. The van der Waals surface area contributed by atoms with Gasteiger partial charge in [0.1, 0.15) is 0 Å². The SMILES string of the molecule is Cc1nc(C)[n+]2c(Nc3ccccc3)nn(C)c2n1. The summed E-state index contributed by atoms with van der Waals surface area (Å²) in [6, 6.07) is 9.92. The van der Waals surface area contributed by atoms with Crippen LogP contribution in [0, 0.1) is 13.8 Å². The number of nitrogens with zero attached hydrogens (tertiary/aromatic N) is 5. The molecule has 19 heavy (non-hydrogen) atoms. The van der Waals surface area contributed by atoms with Crippen molar-refractivity contribution in [2.75, 3.05) is 5.32 Å². The molecule has 1 N–H and O–H groups in total. The second-order valence-electron chi connectivity index (χ2n) is 4.39. The topological polar surface area (TPSA) is 59.7 Å². The van der Waals surface area contributed by atoms with E-state index in [1.807, 2.05) is 55.6 Å². The van der Waals surface area contributed by atoms with E-state index in [0.717, 1.165) is 23.1 Å². The summed E-state index contributed by atoms with van der Waals surface area (Å²) in [4.78, 5) is 8.79. The molecule has 6 heteroatoms. The minimum atomic E-state index is 0.709. The van der Waals surface area contributed by atoms with Gasteiger partial charge in [-0.25, -0.2) is 0 Å². The van der Waals surface area contributed by atoms with Gasteiger partial charge in [-0.2, -0.15) is 9.08 Å². The largest absolute Gasteiger partial charge is 0.341 e. The molecule has 0 amide bonds. The molecule has 2 aromatic heterocycles. The fraction of sp³-hybridized carbons (Fsp3) is 0.231. The summed E-state index contributed by atoms with van der Waals surface area (Å²) in [7, 11) is 1.87. The Labute approximate surface area is 110 Å². The monoisotopic (exact) mass is 255 g/mol. The summed E-state index contributed by atoms with van der Waals surface area (Å²) in [5.74, 6) is 3.07. The zero-order chi connectivity index (χ0) is 13.4. The summed E-state index contributed by atoms with van der Waals surface area (Å²) < 4.78 is 3.65. The lowest BCUT2D eigenvalue weighted by atomic mass is 10.3. The van der Waals surface area contributed by atoms with Crippen molar-refractivity contribution >= 4 is 17.4 Å². The van der Waals surface area contributed by atoms with E-state index in [0.29, 0.717) is 5.95 Å². The first kappa shape index (κ1) is 11.6. The van der Waals surface area contributed by atoms with E-state index < -0.39 is 0 Å². The average Bonchev–Trinajstić information content (AvgIpc) is 2.67. The van der Waals surface area contributed by atoms with Crippen LogP contribution in [0.25, 0.3) is 5.78 Å². The minimum Gasteiger partial charge on any atom is -0.281 e. The highest BCUT2D eigenvalue weighted by Crippen LogP contribution is 2.11. The number of hydrogen-bond donors (Lipinski definition) is 1. The van der Waals surface area contributed by atoms with Gasteiger partial charge in [0.15, 0.2) is 5.82 Å².